The van der Waals surface area contributed by atoms with Crippen molar-refractivity contribution in [2.24, 2.45) is 5.73 Å². The molecule has 1 unspecified atom stereocenters. The summed E-state index contributed by atoms with van der Waals surface area (Å²) in [6.45, 7) is 0. The molecule has 0 spiro atoms. The van der Waals surface area contributed by atoms with Gasteiger partial charge in [0, 0.05) is 0 Å². The molecular weight excluding hydrogens is 227 g/mol. The number of rotatable bonds is 2. The van der Waals surface area contributed by atoms with E-state index < -0.39 is 39.6 Å². The van der Waals surface area contributed by atoms with Gasteiger partial charge in [0.1, 0.15) is 0 Å². The molecule has 1 rings (SSSR count). The zero-order valence-electron chi connectivity index (χ0n) is 7.22. The molecule has 1 aliphatic rings. The molecule has 6 N–H and O–H groups in total. The molecule has 1 fully saturated rings. The first-order chi connectivity index (χ1) is 7.01. The molecule has 0 aromatic carbocycles. The first kappa shape index (κ1) is 13.3. The summed E-state index contributed by atoms with van der Waals surface area (Å²) in [5.41, 5.74) is 4.70. The minimum absolute atomic E-state index is 0.617. The van der Waals surface area contributed by atoms with Gasteiger partial charge in [-0.2, -0.15) is 0 Å². The van der Waals surface area contributed by atoms with Crippen LogP contribution < -0.4 is 21.7 Å². The van der Waals surface area contributed by atoms with Crippen molar-refractivity contribution in [2.75, 3.05) is 0 Å². The van der Waals surface area contributed by atoms with E-state index in [2.05, 4.69) is 9.26 Å². The number of carbonyl (C=O) groups is 3. The van der Waals surface area contributed by atoms with Gasteiger partial charge in [0.25, 0.3) is 5.91 Å². The number of amides is 5. The van der Waals surface area contributed by atoms with Crippen molar-refractivity contribution in [2.45, 2.75) is 6.17 Å². The number of nitrogens with one attached hydrogen (secondary N) is 3. The van der Waals surface area contributed by atoms with Gasteiger partial charge in [-0.3, -0.25) is 10.1 Å². The van der Waals surface area contributed by atoms with Gasteiger partial charge >= 0.3 is 40.5 Å². The summed E-state index contributed by atoms with van der Waals surface area (Å²) < 4.78 is 12.0. The molecule has 0 radical (unpaired) electrons. The van der Waals surface area contributed by atoms with Crippen LogP contribution in [0.15, 0.2) is 0 Å². The number of hydrogen-bond donors (Lipinski definition) is 5. The Labute approximate surface area is 89.3 Å². The van der Waals surface area contributed by atoms with Crippen LogP contribution in [0.3, 0.4) is 0 Å². The third-order valence-corrected chi connectivity index (χ3v) is 1.19. The maximum absolute atomic E-state index is 10.7. The van der Waals surface area contributed by atoms with Crippen molar-refractivity contribution >= 4 is 33.5 Å². The molecule has 1 saturated heterocycles. The summed E-state index contributed by atoms with van der Waals surface area (Å²) in [7, 11) is 0. The second kappa shape index (κ2) is 6.71. The van der Waals surface area contributed by atoms with Crippen LogP contribution in [0.2, 0.25) is 0 Å². The Morgan fingerprint density at radius 1 is 1.60 bits per heavy atom. The number of carbonyl (C=O) groups excluding carboxylic acids is 3. The van der Waals surface area contributed by atoms with Crippen molar-refractivity contribution in [3.63, 3.8) is 0 Å². The molecule has 1 atom stereocenters. The van der Waals surface area contributed by atoms with Crippen molar-refractivity contribution in [1.82, 2.24) is 16.0 Å². The molecule has 0 aromatic rings. The third kappa shape index (κ3) is 5.58. The quantitative estimate of drug-likeness (QED) is 0.151. The zero-order valence-corrected chi connectivity index (χ0v) is 8.38. The SMILES string of the molecule is NC(=O)NC1NC(=O)NC1=O.[O]=[Al][O]O. The van der Waals surface area contributed by atoms with Crippen LogP contribution >= 0.6 is 0 Å². The van der Waals surface area contributed by atoms with Gasteiger partial charge in [0.15, 0.2) is 6.17 Å². The van der Waals surface area contributed by atoms with Gasteiger partial charge in [-0.15, -0.1) is 0 Å². The summed E-state index contributed by atoms with van der Waals surface area (Å²) in [6.07, 6.45) is -1.04. The van der Waals surface area contributed by atoms with Crippen LogP contribution in [0.1, 0.15) is 0 Å². The zero-order chi connectivity index (χ0) is 11.8. The molecule has 0 bridgehead atoms. The van der Waals surface area contributed by atoms with E-state index in [1.165, 1.54) is 0 Å². The summed E-state index contributed by atoms with van der Waals surface area (Å²) in [5, 5.41) is 13.2. The topological polar surface area (TPSA) is 160 Å². The molecule has 10 nitrogen and oxygen atoms in total. The average molecular weight is 234 g/mol. The molecule has 15 heavy (non-hydrogen) atoms. The van der Waals surface area contributed by atoms with Gasteiger partial charge in [0.2, 0.25) is 0 Å². The molecule has 11 heteroatoms. The van der Waals surface area contributed by atoms with E-state index in [-0.39, 0.29) is 0 Å². The third-order valence-electron chi connectivity index (χ3n) is 1.10. The molecule has 82 valence electrons. The van der Waals surface area contributed by atoms with E-state index in [0.29, 0.717) is 0 Å². The van der Waals surface area contributed by atoms with E-state index in [1.807, 2.05) is 10.6 Å². The fourth-order valence-corrected chi connectivity index (χ4v) is 0.661. The van der Waals surface area contributed by atoms with Crippen LogP contribution in [0, 0.1) is 0 Å². The Hall–Kier alpha value is -1.70. The number of nitrogens with two attached hydrogens (primary N) is 1. The molecular formula is C4H7AlN4O6. The standard InChI is InChI=1S/C4H6N4O3.Al.H2O2.O/c5-3(10)6-1-2(9)8-4(11)7-1;;1-2;/h1H,(H3,5,6,10)(H2,7,8,9,11);;1-2H;/q;+1;;/p-1. The first-order valence-electron chi connectivity index (χ1n) is 3.42. The summed E-state index contributed by atoms with van der Waals surface area (Å²) in [4.78, 5) is 31.3. The van der Waals surface area contributed by atoms with Crippen molar-refractivity contribution < 1.29 is 27.4 Å². The van der Waals surface area contributed by atoms with E-state index in [0.717, 1.165) is 0 Å². The second-order valence-electron chi connectivity index (χ2n) is 2.11. The predicted molar refractivity (Wildman–Crippen MR) is 43.3 cm³/mol. The maximum atomic E-state index is 10.7. The van der Waals surface area contributed by atoms with Gasteiger partial charge in [-0.1, -0.05) is 0 Å². The van der Waals surface area contributed by atoms with Crippen molar-refractivity contribution in [3.8, 4) is 0 Å². The summed E-state index contributed by atoms with van der Waals surface area (Å²) >= 11 is -1.41. The monoisotopic (exact) mass is 234 g/mol. The average Bonchev–Trinajstić information content (AvgIpc) is 2.45. The van der Waals surface area contributed by atoms with Crippen molar-refractivity contribution in [1.29, 1.82) is 0 Å². The normalized spacial score (nSPS) is 17.5. The molecule has 0 saturated carbocycles. The Kier molecular flexibility index (Phi) is 5.95. The molecule has 0 aromatic heterocycles. The summed E-state index contributed by atoms with van der Waals surface area (Å²) in [5.74, 6) is -0.617. The van der Waals surface area contributed by atoms with Crippen LogP contribution in [0.25, 0.3) is 0 Å². The Balaban J connectivity index is 0.000000423. The Morgan fingerprint density at radius 3 is 2.40 bits per heavy atom. The van der Waals surface area contributed by atoms with Gasteiger partial charge in [0.05, 0.1) is 0 Å². The van der Waals surface area contributed by atoms with Gasteiger partial charge < -0.3 is 16.4 Å². The van der Waals surface area contributed by atoms with Crippen LogP contribution in [-0.2, 0) is 12.5 Å². The molecule has 5 amide bonds. The number of hydrogen-bond acceptors (Lipinski definition) is 6. The molecule has 1 heterocycles. The van der Waals surface area contributed by atoms with Crippen molar-refractivity contribution in [3.05, 3.63) is 0 Å². The van der Waals surface area contributed by atoms with Crippen LogP contribution in [0.5, 0.6) is 0 Å². The van der Waals surface area contributed by atoms with E-state index in [4.69, 9.17) is 14.8 Å². The number of urea groups is 2. The molecule has 1 aliphatic heterocycles. The number of primary amides is 1. The fraction of sp³-hybridized carbons (Fsp3) is 0.250. The van der Waals surface area contributed by atoms with Gasteiger partial charge in [-0.25, -0.2) is 9.59 Å². The van der Waals surface area contributed by atoms with Crippen LogP contribution in [0.4, 0.5) is 9.59 Å². The Bertz CT molecular complexity index is 282. The Morgan fingerprint density at radius 2 is 2.13 bits per heavy atom. The fourth-order valence-electron chi connectivity index (χ4n) is 0.661. The second-order valence-corrected chi connectivity index (χ2v) is 2.51. The van der Waals surface area contributed by atoms with Gasteiger partial charge in [-0.05, 0) is 0 Å². The summed E-state index contributed by atoms with van der Waals surface area (Å²) in [6, 6.07) is -1.51. The molecule has 0 aliphatic carbocycles. The predicted octanol–water partition coefficient (Wildman–Crippen LogP) is -2.74. The minimum atomic E-state index is -1.41. The van der Waals surface area contributed by atoms with Crippen LogP contribution in [-0.4, -0.2) is 44.9 Å². The first-order valence-corrected chi connectivity index (χ1v) is 4.36. The van der Waals surface area contributed by atoms with E-state index >= 15 is 0 Å². The van der Waals surface area contributed by atoms with E-state index in [9.17, 15) is 14.4 Å². The van der Waals surface area contributed by atoms with E-state index in [1.54, 1.807) is 0 Å². The number of imide groups is 1.